The Bertz CT molecular complexity index is 1230. The SMILES string of the molecule is CC(C)(C)c1ccc(/C=C2\C(=O)NC(=O)N(c3ccc(C45CC6CC(CC(C6)C4)C5)cc3)C2=O)cc1. The van der Waals surface area contributed by atoms with Crippen molar-refractivity contribution in [2.24, 2.45) is 17.8 Å². The largest absolute Gasteiger partial charge is 0.335 e. The van der Waals surface area contributed by atoms with Gasteiger partial charge in [0, 0.05) is 0 Å². The van der Waals surface area contributed by atoms with Gasteiger partial charge in [-0.05, 0) is 102 Å². The minimum atomic E-state index is -0.701. The number of anilines is 1. The van der Waals surface area contributed by atoms with Crippen molar-refractivity contribution in [3.8, 4) is 0 Å². The first kappa shape index (κ1) is 23.2. The number of hydrogen-bond donors (Lipinski definition) is 1. The first-order valence-electron chi connectivity index (χ1n) is 13.2. The normalized spacial score (nSPS) is 30.8. The van der Waals surface area contributed by atoms with Crippen molar-refractivity contribution in [2.45, 2.75) is 70.1 Å². The van der Waals surface area contributed by atoms with Gasteiger partial charge in [-0.15, -0.1) is 0 Å². The van der Waals surface area contributed by atoms with Crippen LogP contribution in [0.15, 0.2) is 54.1 Å². The van der Waals surface area contributed by atoms with Crippen LogP contribution < -0.4 is 10.2 Å². The fraction of sp³-hybridized carbons (Fsp3) is 0.452. The van der Waals surface area contributed by atoms with E-state index in [1.165, 1.54) is 49.7 Å². The van der Waals surface area contributed by atoms with Crippen molar-refractivity contribution < 1.29 is 14.4 Å². The van der Waals surface area contributed by atoms with E-state index >= 15 is 0 Å². The molecule has 0 aromatic heterocycles. The molecule has 5 aliphatic rings. The molecule has 186 valence electrons. The van der Waals surface area contributed by atoms with Crippen molar-refractivity contribution in [1.29, 1.82) is 0 Å². The zero-order valence-electron chi connectivity index (χ0n) is 21.3. The molecule has 36 heavy (non-hydrogen) atoms. The Labute approximate surface area is 213 Å². The molecule has 4 saturated carbocycles. The maximum absolute atomic E-state index is 13.4. The van der Waals surface area contributed by atoms with Crippen LogP contribution in [-0.2, 0) is 20.4 Å². The maximum Gasteiger partial charge on any atom is 0.335 e. The summed E-state index contributed by atoms with van der Waals surface area (Å²) in [7, 11) is 0. The Kier molecular flexibility index (Phi) is 5.26. The minimum absolute atomic E-state index is 0.00919. The van der Waals surface area contributed by atoms with Gasteiger partial charge < -0.3 is 0 Å². The van der Waals surface area contributed by atoms with Crippen molar-refractivity contribution in [3.63, 3.8) is 0 Å². The predicted molar refractivity (Wildman–Crippen MR) is 140 cm³/mol. The zero-order valence-corrected chi connectivity index (χ0v) is 21.3. The lowest BCUT2D eigenvalue weighted by Gasteiger charge is -2.57. The van der Waals surface area contributed by atoms with Crippen LogP contribution in [0.3, 0.4) is 0 Å². The topological polar surface area (TPSA) is 66.5 Å². The average Bonchev–Trinajstić information content (AvgIpc) is 2.81. The summed E-state index contributed by atoms with van der Waals surface area (Å²) in [4.78, 5) is 39.8. The van der Waals surface area contributed by atoms with E-state index in [9.17, 15) is 14.4 Å². The Morgan fingerprint density at radius 3 is 1.92 bits per heavy atom. The third-order valence-electron chi connectivity index (χ3n) is 8.97. The number of nitrogens with one attached hydrogen (secondary N) is 1. The maximum atomic E-state index is 13.4. The van der Waals surface area contributed by atoms with Crippen molar-refractivity contribution in [2.75, 3.05) is 4.90 Å². The Balaban J connectivity index is 1.26. The minimum Gasteiger partial charge on any atom is -0.273 e. The number of nitrogens with zero attached hydrogens (tertiary/aromatic N) is 1. The molecular formula is C31H34N2O3. The zero-order chi connectivity index (χ0) is 25.2. The number of urea groups is 1. The van der Waals surface area contributed by atoms with Gasteiger partial charge in [-0.2, -0.15) is 0 Å². The molecule has 4 bridgehead atoms. The van der Waals surface area contributed by atoms with E-state index < -0.39 is 17.8 Å². The third-order valence-corrected chi connectivity index (χ3v) is 8.97. The number of imide groups is 2. The van der Waals surface area contributed by atoms with Gasteiger partial charge in [0.05, 0.1) is 5.69 Å². The number of rotatable bonds is 3. The molecule has 4 amide bonds. The summed E-state index contributed by atoms with van der Waals surface area (Å²) in [6, 6.07) is 15.1. The molecule has 7 rings (SSSR count). The molecule has 1 aliphatic heterocycles. The summed E-state index contributed by atoms with van der Waals surface area (Å²) >= 11 is 0. The molecule has 5 nitrogen and oxygen atoms in total. The van der Waals surface area contributed by atoms with E-state index in [4.69, 9.17) is 0 Å². The van der Waals surface area contributed by atoms with Crippen LogP contribution in [0.25, 0.3) is 6.08 Å². The van der Waals surface area contributed by atoms with Gasteiger partial charge in [0.25, 0.3) is 11.8 Å². The standard InChI is InChI=1S/C31H34N2O3/c1-30(2,3)23-6-4-19(5-7-23)15-26-27(34)32-29(36)33(28(26)35)25-10-8-24(9-11-25)31-16-20-12-21(17-31)14-22(13-20)18-31/h4-11,15,20-22H,12-14,16-18H2,1-3H3,(H,32,34,36)/b26-15+. The van der Waals surface area contributed by atoms with Gasteiger partial charge >= 0.3 is 6.03 Å². The molecule has 0 unspecified atom stereocenters. The molecule has 0 radical (unpaired) electrons. The Morgan fingerprint density at radius 2 is 1.39 bits per heavy atom. The molecule has 1 saturated heterocycles. The molecule has 1 N–H and O–H groups in total. The van der Waals surface area contributed by atoms with Crippen LogP contribution >= 0.6 is 0 Å². The monoisotopic (exact) mass is 482 g/mol. The molecule has 4 aliphatic carbocycles. The van der Waals surface area contributed by atoms with Crippen LogP contribution in [0, 0.1) is 17.8 Å². The molecule has 5 fully saturated rings. The molecule has 0 spiro atoms. The summed E-state index contributed by atoms with van der Waals surface area (Å²) in [5.41, 5.74) is 3.96. The predicted octanol–water partition coefficient (Wildman–Crippen LogP) is 6.12. The molecule has 2 aromatic carbocycles. The second-order valence-electron chi connectivity index (χ2n) is 12.6. The molecule has 5 heteroatoms. The Morgan fingerprint density at radius 1 is 0.833 bits per heavy atom. The van der Waals surface area contributed by atoms with Crippen molar-refractivity contribution in [1.82, 2.24) is 5.32 Å². The van der Waals surface area contributed by atoms with E-state index in [1.807, 2.05) is 36.4 Å². The summed E-state index contributed by atoms with van der Waals surface area (Å²) in [6.45, 7) is 6.41. The highest BCUT2D eigenvalue weighted by atomic mass is 16.2. The number of hydrogen-bond acceptors (Lipinski definition) is 3. The van der Waals surface area contributed by atoms with Crippen LogP contribution in [0.2, 0.25) is 0 Å². The average molecular weight is 483 g/mol. The highest BCUT2D eigenvalue weighted by Crippen LogP contribution is 2.60. The molecule has 0 atom stereocenters. The van der Waals surface area contributed by atoms with Gasteiger partial charge in [-0.3, -0.25) is 14.9 Å². The molecule has 2 aromatic rings. The fourth-order valence-corrected chi connectivity index (χ4v) is 7.57. The number of benzene rings is 2. The van der Waals surface area contributed by atoms with Crippen LogP contribution in [0.4, 0.5) is 10.5 Å². The van der Waals surface area contributed by atoms with Crippen LogP contribution in [-0.4, -0.2) is 17.8 Å². The van der Waals surface area contributed by atoms with Gasteiger partial charge in [0.1, 0.15) is 5.57 Å². The lowest BCUT2D eigenvalue weighted by molar-refractivity contribution is -0.122. The van der Waals surface area contributed by atoms with Crippen molar-refractivity contribution in [3.05, 3.63) is 70.8 Å². The van der Waals surface area contributed by atoms with E-state index in [0.717, 1.165) is 28.2 Å². The molecule has 1 heterocycles. The highest BCUT2D eigenvalue weighted by Gasteiger charge is 2.51. The van der Waals surface area contributed by atoms with E-state index in [-0.39, 0.29) is 16.4 Å². The fourth-order valence-electron chi connectivity index (χ4n) is 7.57. The first-order valence-corrected chi connectivity index (χ1v) is 13.2. The summed E-state index contributed by atoms with van der Waals surface area (Å²) in [6.07, 6.45) is 9.52. The second kappa shape index (κ2) is 8.16. The molecular weight excluding hydrogens is 448 g/mol. The van der Waals surface area contributed by atoms with Gasteiger partial charge in [-0.25, -0.2) is 9.69 Å². The van der Waals surface area contributed by atoms with E-state index in [1.54, 1.807) is 6.08 Å². The lowest BCUT2D eigenvalue weighted by atomic mass is 9.48. The second-order valence-corrected chi connectivity index (χ2v) is 12.6. The lowest BCUT2D eigenvalue weighted by Crippen LogP contribution is -2.54. The summed E-state index contributed by atoms with van der Waals surface area (Å²) < 4.78 is 0. The smallest absolute Gasteiger partial charge is 0.273 e. The van der Waals surface area contributed by atoms with Gasteiger partial charge in [0.15, 0.2) is 0 Å². The summed E-state index contributed by atoms with van der Waals surface area (Å²) in [5.74, 6) is 1.29. The number of carbonyl (C=O) groups excluding carboxylic acids is 3. The first-order chi connectivity index (χ1) is 17.1. The quantitative estimate of drug-likeness (QED) is 0.423. The third kappa shape index (κ3) is 3.89. The van der Waals surface area contributed by atoms with Gasteiger partial charge in [-0.1, -0.05) is 57.2 Å². The van der Waals surface area contributed by atoms with E-state index in [0.29, 0.717) is 5.69 Å². The Hall–Kier alpha value is -3.21. The van der Waals surface area contributed by atoms with Crippen LogP contribution in [0.5, 0.6) is 0 Å². The van der Waals surface area contributed by atoms with Crippen molar-refractivity contribution >= 4 is 29.6 Å². The number of amides is 4. The van der Waals surface area contributed by atoms with E-state index in [2.05, 4.69) is 38.2 Å². The van der Waals surface area contributed by atoms with Gasteiger partial charge in [0.2, 0.25) is 0 Å². The summed E-state index contributed by atoms with van der Waals surface area (Å²) in [5, 5.41) is 2.35. The van der Waals surface area contributed by atoms with Crippen LogP contribution in [0.1, 0.15) is 76.0 Å². The number of carbonyl (C=O) groups is 3. The number of barbiturate groups is 1. The highest BCUT2D eigenvalue weighted by molar-refractivity contribution is 6.39.